The van der Waals surface area contributed by atoms with Gasteiger partial charge in [0.1, 0.15) is 0 Å². The van der Waals surface area contributed by atoms with Crippen molar-refractivity contribution in [3.63, 3.8) is 0 Å². The number of fused-ring (bicyclic) bond motifs is 1. The van der Waals surface area contributed by atoms with Crippen LogP contribution in [0.15, 0.2) is 12.6 Å². The highest BCUT2D eigenvalue weighted by Gasteiger charge is 2.15. The molecule has 0 aromatic heterocycles. The van der Waals surface area contributed by atoms with Crippen LogP contribution in [-0.4, -0.2) is 0 Å². The number of rotatable bonds is 1. The standard InChI is InChI=1S/C12H15N/c1-4-11-8(2)5-10-6-13-7-12(10)9(11)3/h4-5,13H,1,6-7H2,2-3H3. The van der Waals surface area contributed by atoms with Crippen LogP contribution in [0.1, 0.15) is 27.8 Å². The summed E-state index contributed by atoms with van der Waals surface area (Å²) in [4.78, 5) is 0. The van der Waals surface area contributed by atoms with Crippen LogP contribution in [0, 0.1) is 13.8 Å². The van der Waals surface area contributed by atoms with Crippen LogP contribution in [0.3, 0.4) is 0 Å². The number of hydrogen-bond acceptors (Lipinski definition) is 1. The first-order valence-corrected chi connectivity index (χ1v) is 4.69. The van der Waals surface area contributed by atoms with Crippen LogP contribution in [-0.2, 0) is 13.1 Å². The van der Waals surface area contributed by atoms with E-state index < -0.39 is 0 Å². The smallest absolute Gasteiger partial charge is 0.0214 e. The summed E-state index contributed by atoms with van der Waals surface area (Å²) in [7, 11) is 0. The molecule has 0 unspecified atom stereocenters. The van der Waals surface area contributed by atoms with Gasteiger partial charge in [-0.25, -0.2) is 0 Å². The molecule has 0 spiro atoms. The monoisotopic (exact) mass is 173 g/mol. The Bertz CT molecular complexity index is 364. The third-order valence-corrected chi connectivity index (χ3v) is 2.88. The summed E-state index contributed by atoms with van der Waals surface area (Å²) in [6, 6.07) is 2.28. The highest BCUT2D eigenvalue weighted by molar-refractivity contribution is 5.60. The molecule has 1 aliphatic rings. The van der Waals surface area contributed by atoms with Gasteiger partial charge in [0.05, 0.1) is 0 Å². The predicted octanol–water partition coefficient (Wildman–Crippen LogP) is 2.55. The Labute approximate surface area is 79.5 Å². The molecule has 0 amide bonds. The molecule has 2 rings (SSSR count). The van der Waals surface area contributed by atoms with Crippen molar-refractivity contribution in [3.05, 3.63) is 40.5 Å². The zero-order chi connectivity index (χ0) is 9.42. The van der Waals surface area contributed by atoms with Crippen molar-refractivity contribution in [1.29, 1.82) is 0 Å². The molecule has 1 aromatic rings. The summed E-state index contributed by atoms with van der Waals surface area (Å²) >= 11 is 0. The van der Waals surface area contributed by atoms with E-state index in [0.29, 0.717) is 0 Å². The Balaban J connectivity index is 2.69. The molecule has 0 atom stereocenters. The SMILES string of the molecule is C=Cc1c(C)cc2c(c1C)CNC2. The lowest BCUT2D eigenvalue weighted by Crippen LogP contribution is -2.00. The number of benzene rings is 1. The molecule has 68 valence electrons. The maximum atomic E-state index is 3.86. The van der Waals surface area contributed by atoms with Crippen LogP contribution >= 0.6 is 0 Å². The third-order valence-electron chi connectivity index (χ3n) is 2.88. The molecule has 0 saturated carbocycles. The third kappa shape index (κ3) is 1.20. The zero-order valence-corrected chi connectivity index (χ0v) is 8.28. The molecule has 1 aromatic carbocycles. The molecule has 13 heavy (non-hydrogen) atoms. The molecular weight excluding hydrogens is 158 g/mol. The molecular formula is C12H15N. The normalized spacial score (nSPS) is 14.3. The Kier molecular flexibility index (Phi) is 1.97. The molecule has 1 heterocycles. The first-order chi connectivity index (χ1) is 6.24. The number of nitrogens with one attached hydrogen (secondary N) is 1. The van der Waals surface area contributed by atoms with Gasteiger partial charge in [-0.15, -0.1) is 0 Å². The number of hydrogen-bond donors (Lipinski definition) is 1. The van der Waals surface area contributed by atoms with Crippen LogP contribution in [0.4, 0.5) is 0 Å². The van der Waals surface area contributed by atoms with E-state index in [2.05, 4.69) is 31.8 Å². The maximum absolute atomic E-state index is 3.86. The van der Waals surface area contributed by atoms with E-state index in [9.17, 15) is 0 Å². The Hall–Kier alpha value is -1.08. The quantitative estimate of drug-likeness (QED) is 0.688. The summed E-state index contributed by atoms with van der Waals surface area (Å²) in [5, 5.41) is 3.37. The second kappa shape index (κ2) is 3.00. The van der Waals surface area contributed by atoms with E-state index >= 15 is 0 Å². The highest BCUT2D eigenvalue weighted by Crippen LogP contribution is 2.26. The molecule has 1 heteroatoms. The second-order valence-electron chi connectivity index (χ2n) is 3.68. The fourth-order valence-electron chi connectivity index (χ4n) is 2.17. The maximum Gasteiger partial charge on any atom is 0.0214 e. The average molecular weight is 173 g/mol. The molecule has 0 bridgehead atoms. The van der Waals surface area contributed by atoms with Crippen molar-refractivity contribution in [2.75, 3.05) is 0 Å². The molecule has 1 nitrogen and oxygen atoms in total. The molecule has 1 aliphatic heterocycles. The summed E-state index contributed by atoms with van der Waals surface area (Å²) < 4.78 is 0. The first-order valence-electron chi connectivity index (χ1n) is 4.69. The lowest BCUT2D eigenvalue weighted by molar-refractivity contribution is 0.763. The first kappa shape index (κ1) is 8.52. The van der Waals surface area contributed by atoms with Crippen LogP contribution in [0.5, 0.6) is 0 Å². The molecule has 1 N–H and O–H groups in total. The van der Waals surface area contributed by atoms with Crippen molar-refractivity contribution < 1.29 is 0 Å². The molecule has 0 saturated heterocycles. The summed E-state index contributed by atoms with van der Waals surface area (Å²) in [5.41, 5.74) is 6.98. The predicted molar refractivity (Wildman–Crippen MR) is 56.6 cm³/mol. The van der Waals surface area contributed by atoms with Gasteiger partial charge >= 0.3 is 0 Å². The minimum atomic E-state index is 1.02. The van der Waals surface area contributed by atoms with Gasteiger partial charge in [-0.1, -0.05) is 18.7 Å². The minimum absolute atomic E-state index is 1.02. The topological polar surface area (TPSA) is 12.0 Å². The lowest BCUT2D eigenvalue weighted by Gasteiger charge is -2.10. The Morgan fingerprint density at radius 2 is 2.15 bits per heavy atom. The van der Waals surface area contributed by atoms with Crippen molar-refractivity contribution in [3.8, 4) is 0 Å². The average Bonchev–Trinajstić information content (AvgIpc) is 2.53. The van der Waals surface area contributed by atoms with E-state index in [1.807, 2.05) is 6.08 Å². The van der Waals surface area contributed by atoms with Gasteiger partial charge in [0, 0.05) is 13.1 Å². The molecule has 0 aliphatic carbocycles. The van der Waals surface area contributed by atoms with E-state index in [-0.39, 0.29) is 0 Å². The van der Waals surface area contributed by atoms with Gasteiger partial charge in [-0.05, 0) is 41.7 Å². The summed E-state index contributed by atoms with van der Waals surface area (Å²) in [6.07, 6.45) is 1.96. The lowest BCUT2D eigenvalue weighted by atomic mass is 9.94. The second-order valence-corrected chi connectivity index (χ2v) is 3.68. The van der Waals surface area contributed by atoms with Crippen molar-refractivity contribution in [1.82, 2.24) is 5.32 Å². The fourth-order valence-corrected chi connectivity index (χ4v) is 2.17. The van der Waals surface area contributed by atoms with Crippen LogP contribution in [0.2, 0.25) is 0 Å². The van der Waals surface area contributed by atoms with Gasteiger partial charge in [0.2, 0.25) is 0 Å². The number of aryl methyl sites for hydroxylation is 1. The zero-order valence-electron chi connectivity index (χ0n) is 8.28. The van der Waals surface area contributed by atoms with E-state index in [4.69, 9.17) is 0 Å². The van der Waals surface area contributed by atoms with Gasteiger partial charge in [-0.3, -0.25) is 0 Å². The van der Waals surface area contributed by atoms with Crippen LogP contribution in [0.25, 0.3) is 6.08 Å². The van der Waals surface area contributed by atoms with Crippen LogP contribution < -0.4 is 5.32 Å². The van der Waals surface area contributed by atoms with E-state index in [1.54, 1.807) is 0 Å². The molecule has 0 radical (unpaired) electrons. The van der Waals surface area contributed by atoms with Crippen molar-refractivity contribution in [2.24, 2.45) is 0 Å². The van der Waals surface area contributed by atoms with Gasteiger partial charge < -0.3 is 5.32 Å². The van der Waals surface area contributed by atoms with Crippen molar-refractivity contribution >= 4 is 6.08 Å². The summed E-state index contributed by atoms with van der Waals surface area (Å²) in [6.45, 7) is 10.2. The molecule has 0 fully saturated rings. The van der Waals surface area contributed by atoms with E-state index in [0.717, 1.165) is 13.1 Å². The Morgan fingerprint density at radius 3 is 2.85 bits per heavy atom. The largest absolute Gasteiger partial charge is 0.309 e. The fraction of sp³-hybridized carbons (Fsp3) is 0.333. The van der Waals surface area contributed by atoms with Gasteiger partial charge in [-0.2, -0.15) is 0 Å². The highest BCUT2D eigenvalue weighted by atomic mass is 14.9. The summed E-state index contributed by atoms with van der Waals surface area (Å²) in [5.74, 6) is 0. The van der Waals surface area contributed by atoms with Crippen molar-refractivity contribution in [2.45, 2.75) is 26.9 Å². The minimum Gasteiger partial charge on any atom is -0.309 e. The Morgan fingerprint density at radius 1 is 1.38 bits per heavy atom. The van der Waals surface area contributed by atoms with Gasteiger partial charge in [0.25, 0.3) is 0 Å². The van der Waals surface area contributed by atoms with E-state index in [1.165, 1.54) is 27.8 Å². The van der Waals surface area contributed by atoms with Gasteiger partial charge in [0.15, 0.2) is 0 Å².